The molecule has 0 aliphatic carbocycles. The van der Waals surface area contributed by atoms with E-state index >= 15 is 0 Å². The molecule has 1 atom stereocenters. The van der Waals surface area contributed by atoms with Gasteiger partial charge >= 0.3 is 0 Å². The van der Waals surface area contributed by atoms with Crippen LogP contribution in [-0.4, -0.2) is 25.4 Å². The quantitative estimate of drug-likeness (QED) is 0.767. The highest BCUT2D eigenvalue weighted by molar-refractivity contribution is 6.34. The number of nitrogens with one attached hydrogen (secondary N) is 2. The lowest BCUT2D eigenvalue weighted by Crippen LogP contribution is -2.10. The maximum atomic E-state index is 6.04. The number of hydrogen-bond acceptors (Lipinski definition) is 5. The fourth-order valence-corrected chi connectivity index (χ4v) is 2.08. The molecule has 0 radical (unpaired) electrons. The molecule has 2 heterocycles. The Morgan fingerprint density at radius 3 is 2.74 bits per heavy atom. The van der Waals surface area contributed by atoms with Crippen LogP contribution in [0.3, 0.4) is 0 Å². The Labute approximate surface area is 114 Å². The molecule has 0 amide bonds. The van der Waals surface area contributed by atoms with Crippen molar-refractivity contribution < 1.29 is 0 Å². The number of aromatic amines is 1. The van der Waals surface area contributed by atoms with E-state index in [9.17, 15) is 0 Å². The number of rotatable bonds is 3. The number of benzene rings is 1. The van der Waals surface area contributed by atoms with Gasteiger partial charge in [0, 0.05) is 10.8 Å². The smallest absolute Gasteiger partial charge is 0.159 e. The van der Waals surface area contributed by atoms with Gasteiger partial charge < -0.3 is 5.32 Å². The van der Waals surface area contributed by atoms with Gasteiger partial charge in [-0.15, -0.1) is 10.2 Å². The van der Waals surface area contributed by atoms with E-state index < -0.39 is 0 Å². The fraction of sp³-hybridized carbons (Fsp3) is 0.167. The zero-order chi connectivity index (χ0) is 13.2. The number of fused-ring (bicyclic) bond motifs is 1. The van der Waals surface area contributed by atoms with E-state index in [0.29, 0.717) is 11.0 Å². The van der Waals surface area contributed by atoms with Gasteiger partial charge in [-0.2, -0.15) is 5.10 Å². The number of anilines is 1. The van der Waals surface area contributed by atoms with Gasteiger partial charge in [0.05, 0.1) is 6.04 Å². The third kappa shape index (κ3) is 2.22. The second kappa shape index (κ2) is 4.81. The van der Waals surface area contributed by atoms with Crippen molar-refractivity contribution in [1.29, 1.82) is 0 Å². The van der Waals surface area contributed by atoms with Crippen molar-refractivity contribution in [3.63, 3.8) is 0 Å². The Balaban J connectivity index is 2.00. The molecule has 6 nitrogen and oxygen atoms in total. The van der Waals surface area contributed by atoms with Crippen LogP contribution in [0.4, 0.5) is 5.82 Å². The lowest BCUT2D eigenvalue weighted by atomic mass is 10.2. The largest absolute Gasteiger partial charge is 0.358 e. The number of halogens is 1. The molecule has 0 bridgehead atoms. The van der Waals surface area contributed by atoms with Gasteiger partial charge in [-0.25, -0.2) is 4.98 Å². The summed E-state index contributed by atoms with van der Waals surface area (Å²) in [4.78, 5) is 4.11. The highest BCUT2D eigenvalue weighted by Crippen LogP contribution is 2.27. The van der Waals surface area contributed by atoms with Crippen molar-refractivity contribution >= 4 is 28.2 Å². The fourth-order valence-electron chi connectivity index (χ4n) is 1.87. The van der Waals surface area contributed by atoms with Crippen LogP contribution in [-0.2, 0) is 0 Å². The van der Waals surface area contributed by atoms with Gasteiger partial charge in [0.25, 0.3) is 0 Å². The van der Waals surface area contributed by atoms with E-state index in [0.717, 1.165) is 16.6 Å². The first-order chi connectivity index (χ1) is 9.25. The molecule has 19 heavy (non-hydrogen) atoms. The summed E-state index contributed by atoms with van der Waals surface area (Å²) in [6.45, 7) is 1.96. The molecule has 0 aliphatic heterocycles. The summed E-state index contributed by atoms with van der Waals surface area (Å²) in [6, 6.07) is 7.66. The first-order valence-electron chi connectivity index (χ1n) is 5.78. The van der Waals surface area contributed by atoms with Crippen LogP contribution in [0.25, 0.3) is 10.8 Å². The normalized spacial score (nSPS) is 12.5. The second-order valence-corrected chi connectivity index (χ2v) is 4.48. The molecular weight excluding hydrogens is 264 g/mol. The zero-order valence-electron chi connectivity index (χ0n) is 10.1. The summed E-state index contributed by atoms with van der Waals surface area (Å²) in [6.07, 6.45) is 1.47. The molecule has 0 aliphatic rings. The SMILES string of the molecule is CC(Nc1nnc(Cl)c2ccccc12)c1ncn[nH]1. The Hall–Kier alpha value is -2.21. The molecule has 3 aromatic rings. The molecular formula is C12H11ClN6. The topological polar surface area (TPSA) is 79.4 Å². The predicted molar refractivity (Wildman–Crippen MR) is 73.0 cm³/mol. The molecule has 7 heteroatoms. The van der Waals surface area contributed by atoms with Gasteiger partial charge in [-0.05, 0) is 6.92 Å². The van der Waals surface area contributed by atoms with Crippen LogP contribution in [0.15, 0.2) is 30.6 Å². The molecule has 1 unspecified atom stereocenters. The van der Waals surface area contributed by atoms with Crippen LogP contribution < -0.4 is 5.32 Å². The predicted octanol–water partition coefficient (Wildman–Crippen LogP) is 2.57. The first kappa shape index (κ1) is 11.9. The van der Waals surface area contributed by atoms with Gasteiger partial charge in [0.2, 0.25) is 0 Å². The van der Waals surface area contributed by atoms with Crippen molar-refractivity contribution in [3.8, 4) is 0 Å². The summed E-state index contributed by atoms with van der Waals surface area (Å²) in [5.74, 6) is 1.41. The maximum absolute atomic E-state index is 6.04. The molecule has 0 spiro atoms. The van der Waals surface area contributed by atoms with Crippen LogP contribution in [0, 0.1) is 0 Å². The van der Waals surface area contributed by atoms with Gasteiger partial charge in [0.1, 0.15) is 12.2 Å². The minimum absolute atomic E-state index is 0.0543. The van der Waals surface area contributed by atoms with Crippen molar-refractivity contribution in [3.05, 3.63) is 41.6 Å². The molecule has 2 N–H and O–H groups in total. The lowest BCUT2D eigenvalue weighted by molar-refractivity contribution is 0.787. The molecule has 1 aromatic carbocycles. The molecule has 3 rings (SSSR count). The maximum Gasteiger partial charge on any atom is 0.159 e. The van der Waals surface area contributed by atoms with Crippen LogP contribution >= 0.6 is 11.6 Å². The van der Waals surface area contributed by atoms with Crippen molar-refractivity contribution in [2.24, 2.45) is 0 Å². The van der Waals surface area contributed by atoms with Gasteiger partial charge in [-0.1, -0.05) is 35.9 Å². The monoisotopic (exact) mass is 274 g/mol. The average Bonchev–Trinajstić information content (AvgIpc) is 2.96. The van der Waals surface area contributed by atoms with Gasteiger partial charge in [0.15, 0.2) is 11.0 Å². The second-order valence-electron chi connectivity index (χ2n) is 4.12. The number of aromatic nitrogens is 5. The molecule has 0 saturated carbocycles. The number of hydrogen-bond donors (Lipinski definition) is 2. The third-order valence-corrected chi connectivity index (χ3v) is 3.12. The molecule has 2 aromatic heterocycles. The van der Waals surface area contributed by atoms with Crippen molar-refractivity contribution in [2.75, 3.05) is 5.32 Å². The Morgan fingerprint density at radius 1 is 1.21 bits per heavy atom. The first-order valence-corrected chi connectivity index (χ1v) is 6.16. The third-order valence-electron chi connectivity index (χ3n) is 2.84. The summed E-state index contributed by atoms with van der Waals surface area (Å²) in [5, 5.41) is 20.1. The average molecular weight is 275 g/mol. The lowest BCUT2D eigenvalue weighted by Gasteiger charge is -2.13. The van der Waals surface area contributed by atoms with E-state index in [1.54, 1.807) is 0 Å². The van der Waals surface area contributed by atoms with E-state index in [4.69, 9.17) is 11.6 Å². The summed E-state index contributed by atoms with van der Waals surface area (Å²) < 4.78 is 0. The summed E-state index contributed by atoms with van der Waals surface area (Å²) >= 11 is 6.04. The van der Waals surface area contributed by atoms with Crippen molar-refractivity contribution in [1.82, 2.24) is 25.4 Å². The zero-order valence-corrected chi connectivity index (χ0v) is 10.9. The van der Waals surface area contributed by atoms with Crippen LogP contribution in [0.1, 0.15) is 18.8 Å². The minimum atomic E-state index is -0.0543. The van der Waals surface area contributed by atoms with Crippen LogP contribution in [0.2, 0.25) is 5.15 Å². The summed E-state index contributed by atoms with van der Waals surface area (Å²) in [7, 11) is 0. The molecule has 96 valence electrons. The van der Waals surface area contributed by atoms with E-state index in [1.165, 1.54) is 6.33 Å². The molecule has 0 saturated heterocycles. The molecule has 0 fully saturated rings. The highest BCUT2D eigenvalue weighted by atomic mass is 35.5. The minimum Gasteiger partial charge on any atom is -0.358 e. The Bertz CT molecular complexity index is 697. The van der Waals surface area contributed by atoms with E-state index in [-0.39, 0.29) is 6.04 Å². The Morgan fingerprint density at radius 2 is 2.00 bits per heavy atom. The Kier molecular flexibility index (Phi) is 3.00. The summed E-state index contributed by atoms with van der Waals surface area (Å²) in [5.41, 5.74) is 0. The highest BCUT2D eigenvalue weighted by Gasteiger charge is 2.12. The van der Waals surface area contributed by atoms with E-state index in [2.05, 4.69) is 30.7 Å². The number of H-pyrrole nitrogens is 1. The standard InChI is InChI=1S/C12H11ClN6/c1-7(11-14-6-15-18-11)16-12-9-5-3-2-4-8(9)10(13)17-19-12/h2-7H,1H3,(H,16,19)(H,14,15,18). The van der Waals surface area contributed by atoms with Crippen LogP contribution in [0.5, 0.6) is 0 Å². The number of nitrogens with zero attached hydrogens (tertiary/aromatic N) is 4. The van der Waals surface area contributed by atoms with Crippen molar-refractivity contribution in [2.45, 2.75) is 13.0 Å². The van der Waals surface area contributed by atoms with E-state index in [1.807, 2.05) is 31.2 Å². The van der Waals surface area contributed by atoms with Gasteiger partial charge in [-0.3, -0.25) is 5.10 Å².